The number of nitrogens with one attached hydrogen (secondary N) is 4. The molecule has 3 atom stereocenters. The molecular formula is C23H22N6O3. The third kappa shape index (κ3) is 5.21. The summed E-state index contributed by atoms with van der Waals surface area (Å²) in [7, 11) is 0. The van der Waals surface area contributed by atoms with E-state index in [0.29, 0.717) is 5.56 Å². The van der Waals surface area contributed by atoms with Crippen molar-refractivity contribution in [2.45, 2.75) is 23.9 Å². The highest BCUT2D eigenvalue weighted by Gasteiger charge is 2.44. The van der Waals surface area contributed by atoms with Gasteiger partial charge in [-0.3, -0.25) is 9.59 Å². The third-order valence-electron chi connectivity index (χ3n) is 5.26. The number of nitrogens with zero attached hydrogens (tertiary/aromatic N) is 2. The number of benzene rings is 2. The second-order valence-electron chi connectivity index (χ2n) is 7.36. The Morgan fingerprint density at radius 1 is 0.969 bits per heavy atom. The van der Waals surface area contributed by atoms with Gasteiger partial charge in [-0.05, 0) is 17.5 Å². The average Bonchev–Trinajstić information content (AvgIpc) is 3.59. The van der Waals surface area contributed by atoms with Crippen molar-refractivity contribution < 1.29 is 14.4 Å². The Hall–Kier alpha value is -4.37. The van der Waals surface area contributed by atoms with Crippen LogP contribution in [0.25, 0.3) is 0 Å². The first kappa shape index (κ1) is 22.3. The standard InChI is InChI=1S/C23H22N6O3/c24-11-12-26-21(31)23(15-27-20(30)14-25,17-9-5-2-6-10-17)29-22(32)28-19-13-18(19)16-7-3-1-4-8-16/h1-10,18-19H,12-13,15H2,(H,26,31)(H,27,30)(H2,28,29,32). The first-order valence-corrected chi connectivity index (χ1v) is 10.0. The van der Waals surface area contributed by atoms with Crippen LogP contribution in [0.2, 0.25) is 0 Å². The van der Waals surface area contributed by atoms with Gasteiger partial charge in [0.1, 0.15) is 6.54 Å². The topological polar surface area (TPSA) is 147 Å². The molecule has 0 aliphatic heterocycles. The van der Waals surface area contributed by atoms with Gasteiger partial charge >= 0.3 is 11.9 Å². The van der Waals surface area contributed by atoms with Gasteiger partial charge in [-0.25, -0.2) is 4.79 Å². The Morgan fingerprint density at radius 2 is 1.62 bits per heavy atom. The molecule has 3 unspecified atom stereocenters. The fourth-order valence-electron chi connectivity index (χ4n) is 3.55. The monoisotopic (exact) mass is 430 g/mol. The summed E-state index contributed by atoms with van der Waals surface area (Å²) in [6, 6.07) is 20.7. The van der Waals surface area contributed by atoms with Gasteiger partial charge in [0.15, 0.2) is 11.6 Å². The van der Waals surface area contributed by atoms with E-state index in [0.717, 1.165) is 12.0 Å². The van der Waals surface area contributed by atoms with Crippen LogP contribution >= 0.6 is 0 Å². The summed E-state index contributed by atoms with van der Waals surface area (Å²) in [5.41, 5.74) is -0.231. The number of carbonyl (C=O) groups excluding carboxylic acids is 3. The van der Waals surface area contributed by atoms with E-state index in [1.54, 1.807) is 30.3 Å². The summed E-state index contributed by atoms with van der Waals surface area (Å²) >= 11 is 0. The minimum atomic E-state index is -1.73. The average molecular weight is 430 g/mol. The summed E-state index contributed by atoms with van der Waals surface area (Å²) in [4.78, 5) is 37.6. The highest BCUT2D eigenvalue weighted by molar-refractivity contribution is 5.95. The Kier molecular flexibility index (Phi) is 7.04. The predicted octanol–water partition coefficient (Wildman–Crippen LogP) is 1.02. The molecule has 0 spiro atoms. The van der Waals surface area contributed by atoms with Crippen LogP contribution in [0, 0.1) is 22.7 Å². The van der Waals surface area contributed by atoms with Gasteiger partial charge in [0.05, 0.1) is 12.6 Å². The van der Waals surface area contributed by atoms with E-state index in [-0.39, 0.29) is 25.0 Å². The minimum Gasteiger partial charge on any atom is -0.341 e. The zero-order valence-electron chi connectivity index (χ0n) is 17.2. The molecule has 32 heavy (non-hydrogen) atoms. The molecule has 0 radical (unpaired) electrons. The summed E-state index contributed by atoms with van der Waals surface area (Å²) < 4.78 is 0. The fourth-order valence-corrected chi connectivity index (χ4v) is 3.55. The van der Waals surface area contributed by atoms with Crippen LogP contribution in [-0.2, 0) is 15.1 Å². The molecule has 2 aromatic carbocycles. The highest BCUT2D eigenvalue weighted by atomic mass is 16.2. The molecule has 0 aromatic heterocycles. The van der Waals surface area contributed by atoms with Crippen molar-refractivity contribution in [3.05, 3.63) is 71.8 Å². The molecule has 0 heterocycles. The van der Waals surface area contributed by atoms with Crippen LogP contribution in [0.5, 0.6) is 0 Å². The maximum Gasteiger partial charge on any atom is 0.322 e. The van der Waals surface area contributed by atoms with Crippen LogP contribution < -0.4 is 21.3 Å². The number of nitriles is 2. The number of rotatable bonds is 8. The fraction of sp³-hybridized carbons (Fsp3) is 0.261. The summed E-state index contributed by atoms with van der Waals surface area (Å²) in [6.45, 7) is -0.664. The van der Waals surface area contributed by atoms with Gasteiger partial charge in [0.2, 0.25) is 0 Å². The molecule has 4 amide bonds. The first-order chi connectivity index (χ1) is 15.5. The maximum atomic E-state index is 13.1. The first-order valence-electron chi connectivity index (χ1n) is 10.0. The van der Waals surface area contributed by atoms with Crippen LogP contribution in [0.15, 0.2) is 60.7 Å². The van der Waals surface area contributed by atoms with Crippen molar-refractivity contribution in [1.82, 2.24) is 21.3 Å². The summed E-state index contributed by atoms with van der Waals surface area (Å²) in [6.07, 6.45) is 0.765. The molecular weight excluding hydrogens is 408 g/mol. The molecule has 2 aromatic rings. The second-order valence-corrected chi connectivity index (χ2v) is 7.36. The number of hydrogen-bond acceptors (Lipinski definition) is 5. The van der Waals surface area contributed by atoms with E-state index in [4.69, 9.17) is 10.5 Å². The van der Waals surface area contributed by atoms with E-state index in [2.05, 4.69) is 21.3 Å². The van der Waals surface area contributed by atoms with Crippen LogP contribution in [0.1, 0.15) is 23.5 Å². The molecule has 0 saturated heterocycles. The van der Waals surface area contributed by atoms with Gasteiger partial charge in [0, 0.05) is 12.0 Å². The van der Waals surface area contributed by atoms with Crippen molar-refractivity contribution in [1.29, 1.82) is 10.5 Å². The number of carbonyl (C=O) groups is 3. The highest BCUT2D eigenvalue weighted by Crippen LogP contribution is 2.40. The van der Waals surface area contributed by atoms with Crippen molar-refractivity contribution in [3.63, 3.8) is 0 Å². The van der Waals surface area contributed by atoms with E-state index in [1.165, 1.54) is 6.07 Å². The van der Waals surface area contributed by atoms with E-state index >= 15 is 0 Å². The van der Waals surface area contributed by atoms with E-state index in [1.807, 2.05) is 36.4 Å². The summed E-state index contributed by atoms with van der Waals surface area (Å²) in [5.74, 6) is -1.46. The molecule has 9 nitrogen and oxygen atoms in total. The van der Waals surface area contributed by atoms with Gasteiger partial charge < -0.3 is 21.3 Å². The normalized spacial score (nSPS) is 18.1. The van der Waals surface area contributed by atoms with Crippen molar-refractivity contribution in [3.8, 4) is 12.1 Å². The number of urea groups is 1. The molecule has 1 saturated carbocycles. The molecule has 1 fully saturated rings. The zero-order chi connectivity index (χ0) is 23.0. The number of amides is 4. The molecule has 162 valence electrons. The van der Waals surface area contributed by atoms with Crippen molar-refractivity contribution in [2.24, 2.45) is 0 Å². The quantitative estimate of drug-likeness (QED) is 0.365. The molecule has 0 bridgehead atoms. The lowest BCUT2D eigenvalue weighted by Gasteiger charge is -2.33. The lowest BCUT2D eigenvalue weighted by Crippen LogP contribution is -2.63. The SMILES string of the molecule is N#CCNC(=O)C(CNC(=O)C#N)(NC(=O)NC1CC1c1ccccc1)c1ccccc1. The zero-order valence-corrected chi connectivity index (χ0v) is 17.2. The molecule has 3 rings (SSSR count). The minimum absolute atomic E-state index is 0.0956. The van der Waals surface area contributed by atoms with Crippen LogP contribution in [0.4, 0.5) is 4.79 Å². The van der Waals surface area contributed by atoms with E-state index in [9.17, 15) is 14.4 Å². The third-order valence-corrected chi connectivity index (χ3v) is 5.26. The Labute approximate surface area is 185 Å². The van der Waals surface area contributed by atoms with Crippen molar-refractivity contribution >= 4 is 17.8 Å². The van der Waals surface area contributed by atoms with Gasteiger partial charge in [0.25, 0.3) is 5.91 Å². The molecule has 1 aliphatic carbocycles. The largest absolute Gasteiger partial charge is 0.341 e. The Balaban J connectivity index is 1.82. The smallest absolute Gasteiger partial charge is 0.322 e. The van der Waals surface area contributed by atoms with Gasteiger partial charge in [-0.1, -0.05) is 60.7 Å². The van der Waals surface area contributed by atoms with Crippen LogP contribution in [-0.4, -0.2) is 37.0 Å². The Morgan fingerprint density at radius 3 is 2.25 bits per heavy atom. The van der Waals surface area contributed by atoms with E-state index < -0.39 is 23.4 Å². The lowest BCUT2D eigenvalue weighted by molar-refractivity contribution is -0.127. The summed E-state index contributed by atoms with van der Waals surface area (Å²) in [5, 5.41) is 28.0. The number of hydrogen-bond donors (Lipinski definition) is 4. The maximum absolute atomic E-state index is 13.1. The van der Waals surface area contributed by atoms with Crippen LogP contribution in [0.3, 0.4) is 0 Å². The van der Waals surface area contributed by atoms with Crippen molar-refractivity contribution in [2.75, 3.05) is 13.1 Å². The van der Waals surface area contributed by atoms with Gasteiger partial charge in [-0.2, -0.15) is 10.5 Å². The molecule has 1 aliphatic rings. The van der Waals surface area contributed by atoms with Gasteiger partial charge in [-0.15, -0.1) is 0 Å². The Bertz CT molecular complexity index is 1060. The second kappa shape index (κ2) is 10.1. The molecule has 4 N–H and O–H groups in total. The molecule has 9 heteroatoms. The predicted molar refractivity (Wildman–Crippen MR) is 115 cm³/mol. The lowest BCUT2D eigenvalue weighted by atomic mass is 9.88.